The van der Waals surface area contributed by atoms with E-state index in [1.807, 2.05) is 12.6 Å². The molecule has 0 amide bonds. The summed E-state index contributed by atoms with van der Waals surface area (Å²) < 4.78 is 8.25. The third kappa shape index (κ3) is 114. The maximum absolute atomic E-state index is 10.2. The number of aliphatic carboxylic acids is 1. The van der Waals surface area contributed by atoms with Gasteiger partial charge in [0, 0.05) is 6.42 Å². The van der Waals surface area contributed by atoms with Crippen LogP contribution in [-0.4, -0.2) is 34.2 Å². The van der Waals surface area contributed by atoms with Crippen molar-refractivity contribution < 1.29 is 53.7 Å². The molecule has 0 unspecified atom stereocenters. The molecule has 0 aliphatic rings. The van der Waals surface area contributed by atoms with Gasteiger partial charge in [-0.05, 0) is 41.9 Å². The number of carboxylic acids is 1. The molecule has 44 heavy (non-hydrogen) atoms. The third-order valence-corrected chi connectivity index (χ3v) is 5.23. The van der Waals surface area contributed by atoms with Crippen molar-refractivity contribution in [3.63, 3.8) is 0 Å². The van der Waals surface area contributed by atoms with Crippen molar-refractivity contribution in [2.24, 2.45) is 16.2 Å². The third-order valence-electron chi connectivity index (χ3n) is 5.23. The fourth-order valence-electron chi connectivity index (χ4n) is 3.17. The number of hydrogen-bond donors (Lipinski definition) is 3. The van der Waals surface area contributed by atoms with E-state index in [4.69, 9.17) is 18.9 Å². The van der Waals surface area contributed by atoms with Crippen molar-refractivity contribution in [2.45, 2.75) is 159 Å². The zero-order chi connectivity index (χ0) is 36.5. The summed E-state index contributed by atoms with van der Waals surface area (Å²) in [5.41, 5.74) is 1.29. The van der Waals surface area contributed by atoms with E-state index in [9.17, 15) is 14.4 Å². The second-order valence-electron chi connectivity index (χ2n) is 13.6. The second kappa shape index (κ2) is 45.9. The van der Waals surface area contributed by atoms with Crippen LogP contribution in [0.15, 0.2) is 25.3 Å². The molecular weight excluding hydrogens is 592 g/mol. The Hall–Kier alpha value is -1.54. The molecule has 7 nitrogen and oxygen atoms in total. The number of carbonyl (C=O) groups is 1. The summed E-state index contributed by atoms with van der Waals surface area (Å²) in [5.74, 6) is -0.675. The average molecular weight is 663 g/mol. The molecule has 0 saturated heterocycles. The van der Waals surface area contributed by atoms with Gasteiger partial charge in [-0.1, -0.05) is 114 Å². The molecule has 0 aliphatic carbocycles. The van der Waals surface area contributed by atoms with Crippen molar-refractivity contribution >= 4 is 18.5 Å². The van der Waals surface area contributed by atoms with Gasteiger partial charge in [-0.3, -0.25) is 27.9 Å². The molecule has 0 aromatic heterocycles. The van der Waals surface area contributed by atoms with Crippen LogP contribution in [0.3, 0.4) is 0 Å². The molecule has 0 aromatic rings. The molecule has 3 N–H and O–H groups in total. The molecule has 0 fully saturated rings. The van der Waals surface area contributed by atoms with Crippen molar-refractivity contribution in [1.29, 1.82) is 0 Å². The molecular formula is C36H70O7Ti-4. The van der Waals surface area contributed by atoms with Crippen molar-refractivity contribution in [1.82, 2.24) is 0 Å². The van der Waals surface area contributed by atoms with E-state index in [1.54, 1.807) is 0 Å². The summed E-state index contributed by atoms with van der Waals surface area (Å²) in [6.07, 6.45) is 22.0. The summed E-state index contributed by atoms with van der Waals surface area (Å²) in [6.45, 7) is 33.1. The van der Waals surface area contributed by atoms with E-state index < -0.39 is 5.97 Å². The summed E-state index contributed by atoms with van der Waals surface area (Å²) in [6, 6.07) is 0. The van der Waals surface area contributed by atoms with Crippen LogP contribution in [-0.2, 0) is 38.1 Å². The van der Waals surface area contributed by atoms with E-state index in [-0.39, 0.29) is 0 Å². The van der Waals surface area contributed by atoms with Gasteiger partial charge in [0.15, 0.2) is 0 Å². The number of carboxylic acid groups (broad SMARTS) is 1. The molecule has 0 bridgehead atoms. The number of unbranched alkanes of at least 4 members (excludes halogenated alkanes) is 8. The topological polar surface area (TPSA) is 129 Å². The van der Waals surface area contributed by atoms with Crippen LogP contribution in [0.4, 0.5) is 0 Å². The fourth-order valence-corrected chi connectivity index (χ4v) is 3.17. The first-order valence-corrected chi connectivity index (χ1v) is 16.1. The first-order valence-electron chi connectivity index (χ1n) is 15.5. The quantitative estimate of drug-likeness (QED) is 0.0523. The molecule has 0 spiro atoms. The summed E-state index contributed by atoms with van der Waals surface area (Å²) in [7, 11) is 0. The molecule has 264 valence electrons. The molecule has 0 aliphatic heterocycles. The van der Waals surface area contributed by atoms with Crippen LogP contribution in [0.25, 0.3) is 0 Å². The van der Waals surface area contributed by atoms with Crippen LogP contribution in [0.1, 0.15) is 159 Å². The normalized spacial score (nSPS) is 9.68. The molecule has 8 heteroatoms. The molecule has 0 atom stereocenters. The van der Waals surface area contributed by atoms with Gasteiger partial charge in [0.05, 0.1) is 0 Å². The summed E-state index contributed by atoms with van der Waals surface area (Å²) in [5, 5.41) is 20.4. The Labute approximate surface area is 285 Å². The zero-order valence-corrected chi connectivity index (χ0v) is 31.6. The Morgan fingerprint density at radius 1 is 0.614 bits per heavy atom. The predicted octanol–water partition coefficient (Wildman–Crippen LogP) is 11.2. The van der Waals surface area contributed by atoms with E-state index >= 15 is 0 Å². The number of rotatable bonds is 15. The van der Waals surface area contributed by atoms with Crippen LogP contribution in [0.2, 0.25) is 0 Å². The fraction of sp³-hybridized carbons (Fsp3) is 0.750. The number of carbonyl (C=O) groups excluding carboxylic acids is 2. The Kier molecular flexibility index (Phi) is 60.5. The SMILES string of the molecule is C=C[CH2-].C=C[CH2-].CC(C)(C)CCCCCC(=O)O.CC(C)(C)CCCCC[C-]=O.CC(C)(C)CCCCC[C-]=O.OO.[O]=[Ti]. The zero-order valence-electron chi connectivity index (χ0n) is 30.1. The number of allylic oxidation sites excluding steroid dienone is 2. The van der Waals surface area contributed by atoms with Crippen LogP contribution in [0.5, 0.6) is 0 Å². The van der Waals surface area contributed by atoms with Crippen molar-refractivity contribution in [3.8, 4) is 0 Å². The molecule has 0 aromatic carbocycles. The van der Waals surface area contributed by atoms with Crippen LogP contribution < -0.4 is 0 Å². The monoisotopic (exact) mass is 662 g/mol. The summed E-state index contributed by atoms with van der Waals surface area (Å²) >= 11 is 0.750. The Morgan fingerprint density at radius 3 is 1.02 bits per heavy atom. The summed E-state index contributed by atoms with van der Waals surface area (Å²) in [4.78, 5) is 29.8. The van der Waals surface area contributed by atoms with Crippen LogP contribution >= 0.6 is 0 Å². The van der Waals surface area contributed by atoms with Gasteiger partial charge in [-0.2, -0.15) is 12.8 Å². The van der Waals surface area contributed by atoms with Gasteiger partial charge < -0.3 is 14.7 Å². The van der Waals surface area contributed by atoms with Crippen molar-refractivity contribution in [3.05, 3.63) is 39.2 Å². The van der Waals surface area contributed by atoms with Gasteiger partial charge in [0.25, 0.3) is 0 Å². The number of hydrogen-bond acceptors (Lipinski definition) is 6. The molecule has 0 heterocycles. The van der Waals surface area contributed by atoms with Gasteiger partial charge in [-0.25, -0.2) is 39.2 Å². The Balaban J connectivity index is -0.0000000810. The van der Waals surface area contributed by atoms with E-state index in [0.717, 1.165) is 52.5 Å². The van der Waals surface area contributed by atoms with E-state index in [2.05, 4.69) is 89.3 Å². The minimum absolute atomic E-state index is 0.324. The average Bonchev–Trinajstić information content (AvgIpc) is 2.90. The first kappa shape index (κ1) is 58.0. The van der Waals surface area contributed by atoms with Gasteiger partial charge >= 0.3 is 29.7 Å². The van der Waals surface area contributed by atoms with Gasteiger partial charge in [-0.15, -0.1) is 0 Å². The Morgan fingerprint density at radius 2 is 0.841 bits per heavy atom. The van der Waals surface area contributed by atoms with Crippen molar-refractivity contribution in [2.75, 3.05) is 0 Å². The van der Waals surface area contributed by atoms with E-state index in [0.29, 0.717) is 35.5 Å². The Bertz CT molecular complexity index is 553. The standard InChI is InChI=1S/C10H20O2.2C10H19O.2C3H5.H2O2.O.Ti/c1-10(2,3)8-6-4-5-7-9(11)12;2*1-10(2,3)8-6-4-5-7-9-11;2*1-3-2;1-2;;/h4-8H2,1-3H3,(H,11,12);2*4-8H2,1-3H3;2*3H,1-2H2;1-2H;;/q;4*-1;;;. The van der Waals surface area contributed by atoms with E-state index in [1.165, 1.54) is 57.1 Å². The minimum atomic E-state index is -0.675. The first-order chi connectivity index (χ1) is 20.4. The maximum atomic E-state index is 10.2. The predicted molar refractivity (Wildman–Crippen MR) is 184 cm³/mol. The molecule has 0 saturated carbocycles. The molecule has 0 radical (unpaired) electrons. The van der Waals surface area contributed by atoms with Gasteiger partial charge in [0.1, 0.15) is 0 Å². The van der Waals surface area contributed by atoms with Gasteiger partial charge in [0.2, 0.25) is 0 Å². The molecule has 0 rings (SSSR count). The second-order valence-corrected chi connectivity index (χ2v) is 13.6. The van der Waals surface area contributed by atoms with Crippen LogP contribution in [0, 0.1) is 30.1 Å².